The number of aromatic nitrogens is 3. The highest BCUT2D eigenvalue weighted by molar-refractivity contribution is 6.11. The van der Waals surface area contributed by atoms with E-state index in [1.54, 1.807) is 43.0 Å². The fraction of sp³-hybridized carbons (Fsp3) is 0. The molecule has 0 radical (unpaired) electrons. The molecule has 0 aromatic carbocycles. The van der Waals surface area contributed by atoms with E-state index in [2.05, 4.69) is 20.3 Å². The molecule has 3 heterocycles. The van der Waals surface area contributed by atoms with Crippen LogP contribution in [-0.2, 0) is 0 Å². The van der Waals surface area contributed by atoms with Crippen molar-refractivity contribution in [3.63, 3.8) is 0 Å². The van der Waals surface area contributed by atoms with Gasteiger partial charge in [-0.1, -0.05) is 0 Å². The summed E-state index contributed by atoms with van der Waals surface area (Å²) < 4.78 is 0. The Morgan fingerprint density at radius 3 is 3.00 bits per heavy atom. The van der Waals surface area contributed by atoms with Gasteiger partial charge in [0.05, 0.1) is 17.4 Å². The lowest BCUT2D eigenvalue weighted by atomic mass is 10.1. The molecule has 3 aromatic rings. The largest absolute Gasteiger partial charge is 0.346 e. The summed E-state index contributed by atoms with van der Waals surface area (Å²) in [6.45, 7) is 0. The summed E-state index contributed by atoms with van der Waals surface area (Å²) in [6, 6.07) is 7.09. The van der Waals surface area contributed by atoms with Gasteiger partial charge in [-0.25, -0.2) is 4.98 Å². The summed E-state index contributed by atoms with van der Waals surface area (Å²) in [5, 5.41) is 3.60. The molecule has 0 spiro atoms. The second-order valence-corrected chi connectivity index (χ2v) is 3.79. The summed E-state index contributed by atoms with van der Waals surface area (Å²) in [5.74, 6) is -0.171. The zero-order valence-electron chi connectivity index (χ0n) is 9.42. The van der Waals surface area contributed by atoms with Gasteiger partial charge in [0.15, 0.2) is 0 Å². The molecule has 5 nitrogen and oxygen atoms in total. The first-order chi connectivity index (χ1) is 8.84. The Morgan fingerprint density at radius 1 is 1.22 bits per heavy atom. The Morgan fingerprint density at radius 2 is 2.17 bits per heavy atom. The average Bonchev–Trinajstić information content (AvgIpc) is 2.87. The van der Waals surface area contributed by atoms with Gasteiger partial charge < -0.3 is 10.3 Å². The number of H-pyrrole nitrogens is 1. The normalized spacial score (nSPS) is 10.4. The van der Waals surface area contributed by atoms with Gasteiger partial charge in [0, 0.05) is 24.0 Å². The first-order valence-corrected chi connectivity index (χ1v) is 5.48. The van der Waals surface area contributed by atoms with Crippen LogP contribution in [0.5, 0.6) is 0 Å². The third-order valence-electron chi connectivity index (χ3n) is 2.62. The van der Waals surface area contributed by atoms with Crippen molar-refractivity contribution in [2.75, 3.05) is 5.32 Å². The molecule has 0 aliphatic rings. The number of amides is 1. The van der Waals surface area contributed by atoms with Crippen LogP contribution in [0.25, 0.3) is 11.0 Å². The number of aromatic amines is 1. The van der Waals surface area contributed by atoms with Crippen LogP contribution in [0.4, 0.5) is 5.69 Å². The lowest BCUT2D eigenvalue weighted by Gasteiger charge is -2.05. The van der Waals surface area contributed by atoms with E-state index < -0.39 is 0 Å². The number of carbonyl (C=O) groups excluding carboxylic acids is 1. The number of anilines is 1. The van der Waals surface area contributed by atoms with Crippen LogP contribution < -0.4 is 5.32 Å². The van der Waals surface area contributed by atoms with Crippen LogP contribution in [0.15, 0.2) is 49.1 Å². The summed E-state index contributed by atoms with van der Waals surface area (Å²) in [7, 11) is 0. The fourth-order valence-corrected chi connectivity index (χ4v) is 1.79. The first-order valence-electron chi connectivity index (χ1n) is 5.48. The lowest BCUT2D eigenvalue weighted by molar-refractivity contribution is 0.102. The van der Waals surface area contributed by atoms with Gasteiger partial charge in [-0.15, -0.1) is 0 Å². The molecule has 3 aromatic heterocycles. The molecular weight excluding hydrogens is 228 g/mol. The summed E-state index contributed by atoms with van der Waals surface area (Å²) in [6.07, 6.45) is 6.63. The van der Waals surface area contributed by atoms with Gasteiger partial charge in [-0.05, 0) is 24.3 Å². The third-order valence-corrected chi connectivity index (χ3v) is 2.62. The van der Waals surface area contributed by atoms with E-state index in [0.29, 0.717) is 16.9 Å². The van der Waals surface area contributed by atoms with E-state index >= 15 is 0 Å². The Balaban J connectivity index is 1.95. The zero-order chi connectivity index (χ0) is 12.4. The second kappa shape index (κ2) is 4.29. The van der Waals surface area contributed by atoms with Crippen molar-refractivity contribution in [2.45, 2.75) is 0 Å². The molecule has 0 saturated heterocycles. The standard InChI is InChI=1S/C13H10N4O/c18-13(17-9-2-1-5-14-8-9)11-4-7-16-12-10(11)3-6-15-12/h1-8H,(H,15,16)(H,17,18). The number of nitrogens with one attached hydrogen (secondary N) is 2. The first kappa shape index (κ1) is 10.5. The van der Waals surface area contributed by atoms with Gasteiger partial charge in [0.25, 0.3) is 5.91 Å². The van der Waals surface area contributed by atoms with Crippen molar-refractivity contribution in [2.24, 2.45) is 0 Å². The van der Waals surface area contributed by atoms with E-state index in [9.17, 15) is 4.79 Å². The van der Waals surface area contributed by atoms with Crippen molar-refractivity contribution < 1.29 is 4.79 Å². The molecule has 0 unspecified atom stereocenters. The van der Waals surface area contributed by atoms with Crippen molar-refractivity contribution in [1.82, 2.24) is 15.0 Å². The van der Waals surface area contributed by atoms with Gasteiger partial charge >= 0.3 is 0 Å². The fourth-order valence-electron chi connectivity index (χ4n) is 1.79. The topological polar surface area (TPSA) is 70.7 Å². The van der Waals surface area contributed by atoms with Crippen LogP contribution in [0.2, 0.25) is 0 Å². The van der Waals surface area contributed by atoms with Crippen molar-refractivity contribution in [1.29, 1.82) is 0 Å². The number of carbonyl (C=O) groups is 1. The molecule has 88 valence electrons. The second-order valence-electron chi connectivity index (χ2n) is 3.79. The molecule has 2 N–H and O–H groups in total. The minimum Gasteiger partial charge on any atom is -0.346 e. The maximum absolute atomic E-state index is 12.1. The van der Waals surface area contributed by atoms with Crippen LogP contribution in [-0.4, -0.2) is 20.9 Å². The van der Waals surface area contributed by atoms with E-state index in [0.717, 1.165) is 5.39 Å². The van der Waals surface area contributed by atoms with Crippen molar-refractivity contribution in [3.8, 4) is 0 Å². The highest BCUT2D eigenvalue weighted by atomic mass is 16.1. The maximum Gasteiger partial charge on any atom is 0.256 e. The maximum atomic E-state index is 12.1. The number of rotatable bonds is 2. The number of hydrogen-bond donors (Lipinski definition) is 2. The lowest BCUT2D eigenvalue weighted by Crippen LogP contribution is -2.12. The van der Waals surface area contributed by atoms with Crippen LogP contribution in [0, 0.1) is 0 Å². The van der Waals surface area contributed by atoms with Crippen LogP contribution in [0.3, 0.4) is 0 Å². The number of fused-ring (bicyclic) bond motifs is 1. The number of nitrogens with zero attached hydrogens (tertiary/aromatic N) is 2. The Labute approximate surface area is 103 Å². The molecule has 18 heavy (non-hydrogen) atoms. The molecule has 3 rings (SSSR count). The average molecular weight is 238 g/mol. The van der Waals surface area contributed by atoms with E-state index in [4.69, 9.17) is 0 Å². The predicted molar refractivity (Wildman–Crippen MR) is 68.3 cm³/mol. The van der Waals surface area contributed by atoms with E-state index in [-0.39, 0.29) is 5.91 Å². The van der Waals surface area contributed by atoms with E-state index in [1.807, 2.05) is 6.07 Å². The SMILES string of the molecule is O=C(Nc1cccnc1)c1ccnc2[nH]ccc12. The molecule has 0 fully saturated rings. The van der Waals surface area contributed by atoms with Gasteiger partial charge in [0.1, 0.15) is 5.65 Å². The Kier molecular flexibility index (Phi) is 2.49. The Bertz CT molecular complexity index is 690. The predicted octanol–water partition coefficient (Wildman–Crippen LogP) is 2.21. The molecular formula is C13H10N4O. The summed E-state index contributed by atoms with van der Waals surface area (Å²) >= 11 is 0. The van der Waals surface area contributed by atoms with Gasteiger partial charge in [-0.3, -0.25) is 9.78 Å². The molecule has 0 aliphatic heterocycles. The molecule has 5 heteroatoms. The monoisotopic (exact) mass is 238 g/mol. The van der Waals surface area contributed by atoms with Crippen molar-refractivity contribution in [3.05, 3.63) is 54.6 Å². The van der Waals surface area contributed by atoms with Gasteiger partial charge in [-0.2, -0.15) is 0 Å². The highest BCUT2D eigenvalue weighted by Gasteiger charge is 2.11. The minimum absolute atomic E-state index is 0.171. The van der Waals surface area contributed by atoms with Crippen LogP contribution in [0.1, 0.15) is 10.4 Å². The minimum atomic E-state index is -0.171. The third kappa shape index (κ3) is 1.82. The van der Waals surface area contributed by atoms with Crippen LogP contribution >= 0.6 is 0 Å². The zero-order valence-corrected chi connectivity index (χ0v) is 9.42. The summed E-state index contributed by atoms with van der Waals surface area (Å²) in [5.41, 5.74) is 1.96. The molecule has 1 amide bonds. The smallest absolute Gasteiger partial charge is 0.256 e. The molecule has 0 saturated carbocycles. The Hall–Kier alpha value is -2.69. The van der Waals surface area contributed by atoms with E-state index in [1.165, 1.54) is 0 Å². The highest BCUT2D eigenvalue weighted by Crippen LogP contribution is 2.16. The summed E-state index contributed by atoms with van der Waals surface area (Å²) in [4.78, 5) is 23.2. The molecule has 0 atom stereocenters. The number of hydrogen-bond acceptors (Lipinski definition) is 3. The quantitative estimate of drug-likeness (QED) is 0.719. The molecule has 0 bridgehead atoms. The number of pyridine rings is 2. The van der Waals surface area contributed by atoms with Gasteiger partial charge in [0.2, 0.25) is 0 Å². The van der Waals surface area contributed by atoms with Crippen molar-refractivity contribution >= 4 is 22.6 Å². The molecule has 0 aliphatic carbocycles.